The van der Waals surface area contributed by atoms with Gasteiger partial charge in [-0.1, -0.05) is 28.1 Å². The highest BCUT2D eigenvalue weighted by Gasteiger charge is 2.21. The van der Waals surface area contributed by atoms with Gasteiger partial charge in [-0.3, -0.25) is 0 Å². The zero-order valence-electron chi connectivity index (χ0n) is 16.9. The third-order valence-corrected chi connectivity index (χ3v) is 6.22. The number of ether oxygens (including phenoxy) is 2. The maximum Gasteiger partial charge on any atom is 0.122 e. The number of benzene rings is 2. The Hall–Kier alpha value is -0.980. The normalized spacial score (nSPS) is 19.2. The van der Waals surface area contributed by atoms with E-state index in [9.17, 15) is 0 Å². The number of hydrogen-bond acceptors (Lipinski definition) is 4. The van der Waals surface area contributed by atoms with Crippen molar-refractivity contribution in [3.63, 3.8) is 0 Å². The molecule has 2 aliphatic rings. The summed E-state index contributed by atoms with van der Waals surface area (Å²) < 4.78 is 11.8. The van der Waals surface area contributed by atoms with Crippen LogP contribution in [0.25, 0.3) is 0 Å². The summed E-state index contributed by atoms with van der Waals surface area (Å²) in [5.74, 6) is 2.01. The van der Waals surface area contributed by atoms with E-state index >= 15 is 0 Å². The summed E-state index contributed by atoms with van der Waals surface area (Å²) in [7, 11) is 3.45. The van der Waals surface area contributed by atoms with Gasteiger partial charge in [-0.15, -0.1) is 24.8 Å². The highest BCUT2D eigenvalue weighted by molar-refractivity contribution is 9.10. The Bertz CT molecular complexity index is 805. The van der Waals surface area contributed by atoms with Gasteiger partial charge in [0, 0.05) is 16.6 Å². The van der Waals surface area contributed by atoms with Gasteiger partial charge in [0.15, 0.2) is 0 Å². The van der Waals surface area contributed by atoms with Crippen molar-refractivity contribution >= 4 is 40.7 Å². The molecule has 0 saturated heterocycles. The Morgan fingerprint density at radius 2 is 1.38 bits per heavy atom. The minimum absolute atomic E-state index is 0. The SMILES string of the molecule is COc1ccc(Br)c2c1CC[C@@H](N)C2.COc1cccc2c1CC[C@@H](N)C2.Cl.Cl. The molecule has 0 aliphatic heterocycles. The maximum absolute atomic E-state index is 5.95. The van der Waals surface area contributed by atoms with Crippen LogP contribution in [0.3, 0.4) is 0 Å². The van der Waals surface area contributed by atoms with Crippen LogP contribution in [0, 0.1) is 0 Å². The molecule has 4 N–H and O–H groups in total. The molecule has 2 aromatic rings. The van der Waals surface area contributed by atoms with Gasteiger partial charge in [-0.25, -0.2) is 0 Å². The van der Waals surface area contributed by atoms with Gasteiger partial charge in [-0.2, -0.15) is 0 Å². The number of fused-ring (bicyclic) bond motifs is 2. The molecule has 0 spiro atoms. The predicted molar refractivity (Wildman–Crippen MR) is 128 cm³/mol. The molecule has 0 heterocycles. The van der Waals surface area contributed by atoms with Crippen molar-refractivity contribution in [1.29, 1.82) is 0 Å². The fourth-order valence-electron chi connectivity index (χ4n) is 4.01. The molecule has 0 radical (unpaired) electrons. The number of nitrogens with two attached hydrogens (primary N) is 2. The van der Waals surface area contributed by atoms with Gasteiger partial charge >= 0.3 is 0 Å². The lowest BCUT2D eigenvalue weighted by molar-refractivity contribution is 0.404. The summed E-state index contributed by atoms with van der Waals surface area (Å²) in [6.07, 6.45) is 6.16. The molecular formula is C22H31BrCl2N2O2. The van der Waals surface area contributed by atoms with Crippen LogP contribution >= 0.6 is 40.7 Å². The molecule has 2 atom stereocenters. The Balaban J connectivity index is 0.000000272. The summed E-state index contributed by atoms with van der Waals surface area (Å²) in [5, 5.41) is 0. The zero-order valence-corrected chi connectivity index (χ0v) is 20.2. The molecule has 4 rings (SSSR count). The number of halogens is 3. The lowest BCUT2D eigenvalue weighted by Gasteiger charge is -2.24. The Morgan fingerprint density at radius 1 is 0.793 bits per heavy atom. The first-order chi connectivity index (χ1) is 13.0. The van der Waals surface area contributed by atoms with Crippen molar-refractivity contribution in [2.75, 3.05) is 14.2 Å². The van der Waals surface area contributed by atoms with E-state index in [1.807, 2.05) is 24.3 Å². The van der Waals surface area contributed by atoms with Crippen molar-refractivity contribution in [2.45, 2.75) is 50.6 Å². The fourth-order valence-corrected chi connectivity index (χ4v) is 4.55. The summed E-state index contributed by atoms with van der Waals surface area (Å²) in [4.78, 5) is 0. The number of hydrogen-bond donors (Lipinski definition) is 2. The van der Waals surface area contributed by atoms with Crippen LogP contribution in [0.15, 0.2) is 34.8 Å². The third kappa shape index (κ3) is 6.25. The lowest BCUT2D eigenvalue weighted by Crippen LogP contribution is -2.28. The topological polar surface area (TPSA) is 70.5 Å². The number of rotatable bonds is 2. The molecular weight excluding hydrogens is 475 g/mol. The van der Waals surface area contributed by atoms with Crippen molar-refractivity contribution in [1.82, 2.24) is 0 Å². The van der Waals surface area contributed by atoms with E-state index in [-0.39, 0.29) is 24.8 Å². The van der Waals surface area contributed by atoms with E-state index in [1.54, 1.807) is 14.2 Å². The van der Waals surface area contributed by atoms with Crippen molar-refractivity contribution in [3.05, 3.63) is 57.1 Å². The fraction of sp³-hybridized carbons (Fsp3) is 0.455. The van der Waals surface area contributed by atoms with Crippen molar-refractivity contribution in [3.8, 4) is 11.5 Å². The monoisotopic (exact) mass is 504 g/mol. The summed E-state index contributed by atoms with van der Waals surface area (Å²) in [6, 6.07) is 10.9. The van der Waals surface area contributed by atoms with Gasteiger partial charge in [0.25, 0.3) is 0 Å². The van der Waals surface area contributed by atoms with E-state index in [1.165, 1.54) is 22.3 Å². The van der Waals surface area contributed by atoms with Crippen LogP contribution in [0.1, 0.15) is 35.1 Å². The smallest absolute Gasteiger partial charge is 0.122 e. The van der Waals surface area contributed by atoms with Crippen LogP contribution in [0.2, 0.25) is 0 Å². The molecule has 2 aromatic carbocycles. The van der Waals surface area contributed by atoms with Crippen LogP contribution in [-0.4, -0.2) is 26.3 Å². The van der Waals surface area contributed by atoms with Gasteiger partial charge in [0.2, 0.25) is 0 Å². The van der Waals surface area contributed by atoms with E-state index in [2.05, 4.69) is 22.0 Å². The molecule has 0 fully saturated rings. The van der Waals surface area contributed by atoms with E-state index in [0.29, 0.717) is 12.1 Å². The van der Waals surface area contributed by atoms with Crippen LogP contribution in [0.5, 0.6) is 11.5 Å². The second kappa shape index (κ2) is 12.0. The molecule has 0 saturated carbocycles. The highest BCUT2D eigenvalue weighted by atomic mass is 79.9. The van der Waals surface area contributed by atoms with Crippen molar-refractivity contribution in [2.24, 2.45) is 11.5 Å². The molecule has 0 bridgehead atoms. The molecule has 7 heteroatoms. The van der Waals surface area contributed by atoms with Crippen LogP contribution < -0.4 is 20.9 Å². The average Bonchev–Trinajstić information content (AvgIpc) is 2.68. The summed E-state index contributed by atoms with van der Waals surface area (Å²) in [6.45, 7) is 0. The Labute approximate surface area is 194 Å². The Morgan fingerprint density at radius 3 is 2.03 bits per heavy atom. The zero-order chi connectivity index (χ0) is 19.4. The van der Waals surface area contributed by atoms with Gasteiger partial charge in [0.05, 0.1) is 14.2 Å². The summed E-state index contributed by atoms with van der Waals surface area (Å²) in [5.41, 5.74) is 17.2. The number of methoxy groups -OCH3 is 2. The molecule has 29 heavy (non-hydrogen) atoms. The minimum Gasteiger partial charge on any atom is -0.496 e. The molecule has 0 aromatic heterocycles. The minimum atomic E-state index is 0. The molecule has 4 nitrogen and oxygen atoms in total. The molecule has 0 unspecified atom stereocenters. The van der Waals surface area contributed by atoms with Gasteiger partial charge < -0.3 is 20.9 Å². The van der Waals surface area contributed by atoms with Gasteiger partial charge in [-0.05, 0) is 79.0 Å². The largest absolute Gasteiger partial charge is 0.496 e. The maximum atomic E-state index is 5.95. The third-order valence-electron chi connectivity index (χ3n) is 5.48. The van der Waals surface area contributed by atoms with E-state index in [4.69, 9.17) is 20.9 Å². The van der Waals surface area contributed by atoms with Crippen LogP contribution in [0.4, 0.5) is 0 Å². The molecule has 2 aliphatic carbocycles. The second-order valence-electron chi connectivity index (χ2n) is 7.31. The van der Waals surface area contributed by atoms with E-state index in [0.717, 1.165) is 54.5 Å². The molecule has 162 valence electrons. The van der Waals surface area contributed by atoms with E-state index < -0.39 is 0 Å². The molecule has 0 amide bonds. The highest BCUT2D eigenvalue weighted by Crippen LogP contribution is 2.34. The quantitative estimate of drug-likeness (QED) is 0.624. The first kappa shape index (κ1) is 26.1. The summed E-state index contributed by atoms with van der Waals surface area (Å²) >= 11 is 3.56. The van der Waals surface area contributed by atoms with Crippen molar-refractivity contribution < 1.29 is 9.47 Å². The standard InChI is InChI=1S/C11H14BrNO.C11H15NO.2ClH/c1-14-11-5-4-10(12)9-6-7(13)2-3-8(9)11;1-13-11-4-2-3-8-7-9(12)5-6-10(8)11;;/h4-5,7H,2-3,6,13H2,1H3;2-4,9H,5-7,12H2,1H3;2*1H/t7-;9-;;/m11../s1. The first-order valence-electron chi connectivity index (χ1n) is 9.53. The lowest BCUT2D eigenvalue weighted by atomic mass is 9.88. The van der Waals surface area contributed by atoms with Gasteiger partial charge in [0.1, 0.15) is 11.5 Å². The average molecular weight is 506 g/mol. The Kier molecular flexibility index (Phi) is 10.8. The predicted octanol–water partition coefficient (Wildman–Crippen LogP) is 4.63. The van der Waals surface area contributed by atoms with Crippen LogP contribution in [-0.2, 0) is 25.7 Å². The second-order valence-corrected chi connectivity index (χ2v) is 8.16. The first-order valence-corrected chi connectivity index (χ1v) is 10.3.